The van der Waals surface area contributed by atoms with Gasteiger partial charge in [0.05, 0.1) is 4.47 Å². The van der Waals surface area contributed by atoms with Crippen molar-refractivity contribution in [1.29, 1.82) is 0 Å². The van der Waals surface area contributed by atoms with Crippen LogP contribution in [0.2, 0.25) is 0 Å². The van der Waals surface area contributed by atoms with Crippen molar-refractivity contribution in [3.05, 3.63) is 39.9 Å². The monoisotopic (exact) mass is 295 g/mol. The average Bonchev–Trinajstić information content (AvgIpc) is 2.59. The molecule has 0 saturated heterocycles. The van der Waals surface area contributed by atoms with Crippen molar-refractivity contribution in [3.8, 4) is 5.75 Å². The van der Waals surface area contributed by atoms with Gasteiger partial charge in [-0.15, -0.1) is 10.2 Å². The quantitative estimate of drug-likeness (QED) is 0.874. The summed E-state index contributed by atoms with van der Waals surface area (Å²) in [6.45, 7) is 4.37. The third-order valence-corrected chi connectivity index (χ3v) is 3.25. The Bertz CT molecular complexity index is 537. The molecule has 0 radical (unpaired) electrons. The summed E-state index contributed by atoms with van der Waals surface area (Å²) < 4.78 is 8.58. The maximum Gasteiger partial charge on any atom is 0.170 e. The molecular weight excluding hydrogens is 282 g/mol. The summed E-state index contributed by atoms with van der Waals surface area (Å²) >= 11 is 3.48. The second kappa shape index (κ2) is 4.87. The van der Waals surface area contributed by atoms with Gasteiger partial charge in [0.25, 0.3) is 0 Å². The fraction of sp³-hybridized carbons (Fsp3) is 0.333. The molecule has 5 heteroatoms. The van der Waals surface area contributed by atoms with Crippen LogP contribution in [0.3, 0.4) is 0 Å². The number of benzene rings is 1. The largest absolute Gasteiger partial charge is 0.484 e. The number of ether oxygens (including phenoxy) is 1. The van der Waals surface area contributed by atoms with Crippen molar-refractivity contribution in [2.75, 3.05) is 0 Å². The first kappa shape index (κ1) is 12.1. The molecule has 0 spiro atoms. The van der Waals surface area contributed by atoms with E-state index < -0.39 is 0 Å². The zero-order valence-corrected chi connectivity index (χ0v) is 11.7. The van der Waals surface area contributed by atoms with Crippen LogP contribution < -0.4 is 4.74 Å². The molecule has 0 amide bonds. The molecule has 0 unspecified atom stereocenters. The molecule has 90 valence electrons. The first-order chi connectivity index (χ1) is 8.08. The molecule has 0 aliphatic rings. The predicted octanol–water partition coefficient (Wildman–Crippen LogP) is 2.77. The number of nitrogens with zero attached hydrogens (tertiary/aromatic N) is 3. The molecule has 1 aromatic carbocycles. The zero-order valence-electron chi connectivity index (χ0n) is 10.1. The Balaban J connectivity index is 2.10. The molecule has 17 heavy (non-hydrogen) atoms. The number of halogens is 1. The van der Waals surface area contributed by atoms with Crippen LogP contribution in [-0.2, 0) is 13.7 Å². The Morgan fingerprint density at radius 2 is 2.06 bits per heavy atom. The summed E-state index contributed by atoms with van der Waals surface area (Å²) in [7, 11) is 1.93. The molecule has 0 atom stereocenters. The van der Waals surface area contributed by atoms with E-state index in [1.54, 1.807) is 0 Å². The minimum Gasteiger partial charge on any atom is -0.484 e. The van der Waals surface area contributed by atoms with Crippen LogP contribution in [0.25, 0.3) is 0 Å². The van der Waals surface area contributed by atoms with Gasteiger partial charge >= 0.3 is 0 Å². The fourth-order valence-corrected chi connectivity index (χ4v) is 2.05. The van der Waals surface area contributed by atoms with Crippen molar-refractivity contribution in [2.24, 2.45) is 7.05 Å². The third-order valence-electron chi connectivity index (χ3n) is 2.63. The van der Waals surface area contributed by atoms with Crippen molar-refractivity contribution >= 4 is 15.9 Å². The van der Waals surface area contributed by atoms with Crippen molar-refractivity contribution in [3.63, 3.8) is 0 Å². The van der Waals surface area contributed by atoms with Gasteiger partial charge in [0.15, 0.2) is 5.82 Å². The van der Waals surface area contributed by atoms with E-state index in [2.05, 4.69) is 26.1 Å². The summed E-state index contributed by atoms with van der Waals surface area (Å²) in [5, 5.41) is 8.04. The molecule has 0 fully saturated rings. The van der Waals surface area contributed by atoms with Crippen LogP contribution in [-0.4, -0.2) is 14.8 Å². The Kier molecular flexibility index (Phi) is 3.47. The molecule has 4 nitrogen and oxygen atoms in total. The van der Waals surface area contributed by atoms with Gasteiger partial charge in [0, 0.05) is 7.05 Å². The van der Waals surface area contributed by atoms with E-state index in [1.807, 2.05) is 43.7 Å². The van der Waals surface area contributed by atoms with E-state index in [4.69, 9.17) is 4.74 Å². The maximum absolute atomic E-state index is 5.70. The second-order valence-electron chi connectivity index (χ2n) is 3.95. The van der Waals surface area contributed by atoms with Gasteiger partial charge in [-0.2, -0.15) is 0 Å². The van der Waals surface area contributed by atoms with Crippen LogP contribution >= 0.6 is 15.9 Å². The van der Waals surface area contributed by atoms with Crippen LogP contribution in [0.15, 0.2) is 22.7 Å². The van der Waals surface area contributed by atoms with Crippen LogP contribution in [0, 0.1) is 13.8 Å². The molecule has 0 aliphatic heterocycles. The molecule has 1 aromatic heterocycles. The minimum absolute atomic E-state index is 0.416. The lowest BCUT2D eigenvalue weighted by Gasteiger charge is -2.08. The van der Waals surface area contributed by atoms with Crippen LogP contribution in [0.5, 0.6) is 5.75 Å². The summed E-state index contributed by atoms with van der Waals surface area (Å²) in [5.74, 6) is 2.51. The Hall–Kier alpha value is -1.36. The lowest BCUT2D eigenvalue weighted by atomic mass is 10.2. The third kappa shape index (κ3) is 2.66. The average molecular weight is 296 g/mol. The van der Waals surface area contributed by atoms with E-state index in [0.717, 1.165) is 21.9 Å². The maximum atomic E-state index is 5.70. The molecule has 2 aromatic rings. The Labute approximate surface area is 109 Å². The van der Waals surface area contributed by atoms with E-state index in [9.17, 15) is 0 Å². The topological polar surface area (TPSA) is 39.9 Å². The van der Waals surface area contributed by atoms with Gasteiger partial charge in [-0.25, -0.2) is 0 Å². The zero-order chi connectivity index (χ0) is 12.4. The molecule has 1 heterocycles. The Morgan fingerprint density at radius 3 is 2.65 bits per heavy atom. The van der Waals surface area contributed by atoms with Crippen molar-refractivity contribution in [1.82, 2.24) is 14.8 Å². The van der Waals surface area contributed by atoms with Gasteiger partial charge < -0.3 is 9.30 Å². The van der Waals surface area contributed by atoms with Crippen LogP contribution in [0.1, 0.15) is 17.2 Å². The van der Waals surface area contributed by atoms with E-state index in [-0.39, 0.29) is 0 Å². The molecular formula is C12H14BrN3O. The smallest absolute Gasteiger partial charge is 0.170 e. The Morgan fingerprint density at radius 1 is 1.29 bits per heavy atom. The highest BCUT2D eigenvalue weighted by atomic mass is 79.9. The van der Waals surface area contributed by atoms with Crippen molar-refractivity contribution < 1.29 is 4.74 Å². The molecule has 0 N–H and O–H groups in total. The van der Waals surface area contributed by atoms with Gasteiger partial charge in [-0.05, 0) is 47.5 Å². The lowest BCUT2D eigenvalue weighted by molar-refractivity contribution is 0.289. The van der Waals surface area contributed by atoms with E-state index in [0.29, 0.717) is 6.61 Å². The van der Waals surface area contributed by atoms with Gasteiger partial charge in [-0.1, -0.05) is 6.07 Å². The number of aryl methyl sites for hydroxylation is 2. The highest BCUT2D eigenvalue weighted by molar-refractivity contribution is 9.10. The normalized spacial score (nSPS) is 10.6. The van der Waals surface area contributed by atoms with E-state index >= 15 is 0 Å². The van der Waals surface area contributed by atoms with E-state index in [1.165, 1.54) is 5.56 Å². The molecule has 0 aliphatic carbocycles. The summed E-state index contributed by atoms with van der Waals surface area (Å²) in [4.78, 5) is 0. The number of hydrogen-bond acceptors (Lipinski definition) is 3. The number of hydrogen-bond donors (Lipinski definition) is 0. The van der Waals surface area contributed by atoms with Crippen LogP contribution in [0.4, 0.5) is 0 Å². The summed E-state index contributed by atoms with van der Waals surface area (Å²) in [6, 6.07) is 5.99. The highest BCUT2D eigenvalue weighted by Gasteiger charge is 2.07. The van der Waals surface area contributed by atoms with Gasteiger partial charge in [0.1, 0.15) is 18.2 Å². The SMILES string of the molecule is Cc1ccc(OCc2nnc(C)n2C)c(Br)c1. The fourth-order valence-electron chi connectivity index (χ4n) is 1.44. The number of rotatable bonds is 3. The number of aromatic nitrogens is 3. The second-order valence-corrected chi connectivity index (χ2v) is 4.80. The highest BCUT2D eigenvalue weighted by Crippen LogP contribution is 2.26. The lowest BCUT2D eigenvalue weighted by Crippen LogP contribution is -2.04. The van der Waals surface area contributed by atoms with Gasteiger partial charge in [-0.3, -0.25) is 0 Å². The van der Waals surface area contributed by atoms with Gasteiger partial charge in [0.2, 0.25) is 0 Å². The minimum atomic E-state index is 0.416. The molecule has 2 rings (SSSR count). The van der Waals surface area contributed by atoms with Crippen molar-refractivity contribution in [2.45, 2.75) is 20.5 Å². The standard InChI is InChI=1S/C12H14BrN3O/c1-8-4-5-11(10(13)6-8)17-7-12-15-14-9(2)16(12)3/h4-6H,7H2,1-3H3. The summed E-state index contributed by atoms with van der Waals surface area (Å²) in [5.41, 5.74) is 1.19. The molecule has 0 saturated carbocycles. The first-order valence-electron chi connectivity index (χ1n) is 5.32. The first-order valence-corrected chi connectivity index (χ1v) is 6.11. The predicted molar refractivity (Wildman–Crippen MR) is 69.0 cm³/mol. The summed E-state index contributed by atoms with van der Waals surface area (Å²) in [6.07, 6.45) is 0. The molecule has 0 bridgehead atoms.